The van der Waals surface area contributed by atoms with E-state index in [4.69, 9.17) is 4.74 Å². The van der Waals surface area contributed by atoms with Crippen LogP contribution in [0.15, 0.2) is 151 Å². The fourth-order valence-electron chi connectivity index (χ4n) is 10.2. The molecule has 0 bridgehead atoms. The lowest BCUT2D eigenvalue weighted by molar-refractivity contribution is -0.139. The molecule has 6 atom stereocenters. The second kappa shape index (κ2) is 13.6. The summed E-state index contributed by atoms with van der Waals surface area (Å²) in [7, 11) is 0. The zero-order chi connectivity index (χ0) is 39.7. The summed E-state index contributed by atoms with van der Waals surface area (Å²) in [6.45, 7) is 1.97. The third kappa shape index (κ3) is 5.46. The summed E-state index contributed by atoms with van der Waals surface area (Å²) >= 11 is 0. The smallest absolute Gasteiger partial charge is 0.260 e. The molecular formula is C48H40N4O6. The summed E-state index contributed by atoms with van der Waals surface area (Å²) in [5, 5.41) is 15.0. The van der Waals surface area contributed by atoms with Crippen LogP contribution in [0.2, 0.25) is 0 Å². The molecule has 10 rings (SSSR count). The van der Waals surface area contributed by atoms with E-state index in [1.807, 2.05) is 110 Å². The number of nitrogens with one attached hydrogen (secondary N) is 2. The number of hydrogen-bond acceptors (Lipinski definition) is 8. The van der Waals surface area contributed by atoms with E-state index in [-0.39, 0.29) is 24.0 Å². The Bertz CT molecular complexity index is 2550. The number of hydrazine groups is 1. The van der Waals surface area contributed by atoms with Gasteiger partial charge in [-0.3, -0.25) is 29.5 Å². The number of nitrogens with zero attached hydrogens (tertiary/aromatic N) is 2. The highest BCUT2D eigenvalue weighted by Crippen LogP contribution is 2.63. The third-order valence-corrected chi connectivity index (χ3v) is 12.7. The minimum atomic E-state index is -1.42. The van der Waals surface area contributed by atoms with Crippen LogP contribution in [0, 0.1) is 36.5 Å². The van der Waals surface area contributed by atoms with Gasteiger partial charge in [-0.2, -0.15) is 5.01 Å². The molecule has 3 aliphatic heterocycles. The van der Waals surface area contributed by atoms with Gasteiger partial charge in [-0.25, -0.2) is 0 Å². The van der Waals surface area contributed by atoms with Crippen molar-refractivity contribution in [1.29, 1.82) is 0 Å². The minimum absolute atomic E-state index is 0.0834. The average Bonchev–Trinajstić information content (AvgIpc) is 3.62. The van der Waals surface area contributed by atoms with Gasteiger partial charge in [0.25, 0.3) is 11.8 Å². The van der Waals surface area contributed by atoms with Crippen LogP contribution in [0.3, 0.4) is 0 Å². The third-order valence-electron chi connectivity index (χ3n) is 12.7. The van der Waals surface area contributed by atoms with Gasteiger partial charge >= 0.3 is 0 Å². The van der Waals surface area contributed by atoms with Gasteiger partial charge in [0, 0.05) is 29.3 Å². The molecule has 58 heavy (non-hydrogen) atoms. The molecule has 0 aromatic heterocycles. The monoisotopic (exact) mass is 768 g/mol. The van der Waals surface area contributed by atoms with Crippen LogP contribution < -0.4 is 20.4 Å². The second-order valence-corrected chi connectivity index (χ2v) is 15.9. The molecule has 288 valence electrons. The Morgan fingerprint density at radius 2 is 1.43 bits per heavy atom. The molecular weight excluding hydrogens is 729 g/mol. The number of rotatable bonds is 7. The van der Waals surface area contributed by atoms with Gasteiger partial charge in [-0.15, -0.1) is 0 Å². The van der Waals surface area contributed by atoms with Crippen molar-refractivity contribution in [2.75, 3.05) is 15.6 Å². The summed E-state index contributed by atoms with van der Waals surface area (Å²) in [6, 6.07) is 38.9. The predicted octanol–water partition coefficient (Wildman–Crippen LogP) is 7.99. The fraction of sp³-hybridized carbons (Fsp3) is 0.208. The fourth-order valence-corrected chi connectivity index (χ4v) is 10.2. The molecule has 2 aliphatic carbocycles. The van der Waals surface area contributed by atoms with Crippen molar-refractivity contribution in [3.05, 3.63) is 168 Å². The maximum Gasteiger partial charge on any atom is 0.260 e. The van der Waals surface area contributed by atoms with E-state index in [1.54, 1.807) is 36.6 Å². The molecule has 3 fully saturated rings. The standard InChI is InChI=1S/C48H40N4O6/c1-28-12-14-34(15-13-28)50-52-45(55)40-26-39-37(21-22-38-42(39)46(56)51(44(38)54)35-18-16-33(17-19-35)49-32-10-6-3-7-11-32)43(48(40,47(52)57)31-8-4-2-5-9-31)30-24-29-25-36(53)20-23-41(29)58-27-30/h2-21,23,25,27,38-40,42-43,49-50,53H,22,24,26H2,1H3/t38-,39+,40-,42-,43-,48+/m0/s1. The maximum absolute atomic E-state index is 15.5. The van der Waals surface area contributed by atoms with E-state index in [9.17, 15) is 14.7 Å². The van der Waals surface area contributed by atoms with Crippen molar-refractivity contribution in [1.82, 2.24) is 5.01 Å². The number of hydrogen-bond donors (Lipinski definition) is 3. The van der Waals surface area contributed by atoms with E-state index >= 15 is 9.59 Å². The molecule has 0 radical (unpaired) electrons. The normalized spacial score (nSPS) is 25.8. The number of imide groups is 2. The number of para-hydroxylation sites is 1. The van der Waals surface area contributed by atoms with Gasteiger partial charge < -0.3 is 15.2 Å². The summed E-state index contributed by atoms with van der Waals surface area (Å²) in [6.07, 6.45) is 4.55. The van der Waals surface area contributed by atoms with E-state index in [0.29, 0.717) is 35.5 Å². The van der Waals surface area contributed by atoms with Crippen LogP contribution in [0.5, 0.6) is 11.5 Å². The molecule has 3 heterocycles. The van der Waals surface area contributed by atoms with Crippen LogP contribution in [0.4, 0.5) is 22.7 Å². The summed E-state index contributed by atoms with van der Waals surface area (Å²) in [5.41, 5.74) is 8.58. The van der Waals surface area contributed by atoms with Crippen LogP contribution in [0.25, 0.3) is 0 Å². The first kappa shape index (κ1) is 35.5. The van der Waals surface area contributed by atoms with Crippen LogP contribution in [-0.4, -0.2) is 33.7 Å². The van der Waals surface area contributed by atoms with Crippen LogP contribution in [0.1, 0.15) is 29.5 Å². The first-order valence-electron chi connectivity index (χ1n) is 19.7. The zero-order valence-corrected chi connectivity index (χ0v) is 31.7. The Kier molecular flexibility index (Phi) is 8.33. The molecule has 10 nitrogen and oxygen atoms in total. The maximum atomic E-state index is 15.5. The quantitative estimate of drug-likeness (QED) is 0.112. The highest BCUT2D eigenvalue weighted by Gasteiger charge is 2.70. The lowest BCUT2D eigenvalue weighted by atomic mass is 9.48. The van der Waals surface area contributed by atoms with Crippen molar-refractivity contribution in [3.8, 4) is 11.5 Å². The number of fused-ring (bicyclic) bond motifs is 5. The van der Waals surface area contributed by atoms with Crippen molar-refractivity contribution < 1.29 is 29.0 Å². The molecule has 2 saturated heterocycles. The number of ether oxygens (including phenoxy) is 1. The number of phenols is 1. The first-order valence-corrected chi connectivity index (χ1v) is 19.7. The lowest BCUT2D eigenvalue weighted by Gasteiger charge is -2.51. The number of anilines is 4. The van der Waals surface area contributed by atoms with E-state index in [0.717, 1.165) is 38.7 Å². The summed E-state index contributed by atoms with van der Waals surface area (Å²) < 4.78 is 6.24. The number of amides is 4. The molecule has 10 heteroatoms. The van der Waals surface area contributed by atoms with E-state index < -0.39 is 46.8 Å². The Morgan fingerprint density at radius 1 is 0.741 bits per heavy atom. The number of carbonyl (C=O) groups excluding carboxylic acids is 4. The lowest BCUT2D eigenvalue weighted by Crippen LogP contribution is -2.55. The number of carbonyl (C=O) groups is 4. The summed E-state index contributed by atoms with van der Waals surface area (Å²) in [5.74, 6) is -4.20. The van der Waals surface area contributed by atoms with Crippen molar-refractivity contribution >= 4 is 46.4 Å². The Balaban J connectivity index is 1.08. The van der Waals surface area contributed by atoms with Gasteiger partial charge in [-0.05, 0) is 104 Å². The number of aromatic hydroxyl groups is 1. The molecule has 4 amide bonds. The Morgan fingerprint density at radius 3 is 2.17 bits per heavy atom. The van der Waals surface area contributed by atoms with Crippen LogP contribution >= 0.6 is 0 Å². The number of phenolic OH excluding ortho intramolecular Hbond substituents is 1. The van der Waals surface area contributed by atoms with Gasteiger partial charge in [0.05, 0.1) is 40.8 Å². The van der Waals surface area contributed by atoms with Crippen molar-refractivity contribution in [2.24, 2.45) is 29.6 Å². The van der Waals surface area contributed by atoms with Gasteiger partial charge in [0.15, 0.2) is 0 Å². The topological polar surface area (TPSA) is 128 Å². The van der Waals surface area contributed by atoms with Gasteiger partial charge in [0.1, 0.15) is 11.5 Å². The molecule has 1 saturated carbocycles. The average molecular weight is 769 g/mol. The number of benzene rings is 5. The van der Waals surface area contributed by atoms with E-state index in [1.165, 1.54) is 4.90 Å². The number of aryl methyl sites for hydroxylation is 1. The molecule has 5 aromatic rings. The molecule has 5 aliphatic rings. The van der Waals surface area contributed by atoms with Crippen molar-refractivity contribution in [2.45, 2.75) is 31.6 Å². The highest BCUT2D eigenvalue weighted by molar-refractivity contribution is 6.22. The Hall–Kier alpha value is -6.94. The zero-order valence-electron chi connectivity index (χ0n) is 31.7. The molecule has 0 spiro atoms. The highest BCUT2D eigenvalue weighted by atomic mass is 16.5. The molecule has 0 unspecified atom stereocenters. The predicted molar refractivity (Wildman–Crippen MR) is 219 cm³/mol. The molecule has 3 N–H and O–H groups in total. The second-order valence-electron chi connectivity index (χ2n) is 15.9. The number of allylic oxidation sites excluding steroid dienone is 3. The van der Waals surface area contributed by atoms with Crippen LogP contribution in [-0.2, 0) is 31.0 Å². The molecule has 5 aromatic carbocycles. The minimum Gasteiger partial charge on any atom is -0.508 e. The largest absolute Gasteiger partial charge is 0.508 e. The van der Waals surface area contributed by atoms with Gasteiger partial charge in [-0.1, -0.05) is 77.9 Å². The van der Waals surface area contributed by atoms with Gasteiger partial charge in [0.2, 0.25) is 11.8 Å². The Labute approximate surface area is 335 Å². The SMILES string of the molecule is Cc1ccc(NN2C(=O)[C@@H]3C[C@@H]4C(=CC[C@@H]5C(=O)N(c6ccc(Nc7ccccc7)cc6)C(=O)[C@@H]54)[C@H](C4=COc5ccc(O)cc5C4)[C@]3(c3ccccc3)C2=O)cc1. The van der Waals surface area contributed by atoms with E-state index in [2.05, 4.69) is 10.7 Å². The first-order chi connectivity index (χ1) is 28.2. The van der Waals surface area contributed by atoms with Crippen molar-refractivity contribution in [3.63, 3.8) is 0 Å². The summed E-state index contributed by atoms with van der Waals surface area (Å²) in [4.78, 5) is 60.9.